The number of benzene rings is 1. The molecule has 94 valence electrons. The largest absolute Gasteiger partial charge is 0.318 e. The van der Waals surface area contributed by atoms with Crippen molar-refractivity contribution in [2.75, 3.05) is 20.1 Å². The molecule has 0 saturated carbocycles. The molecule has 2 nitrogen and oxygen atoms in total. The fourth-order valence-electron chi connectivity index (χ4n) is 2.91. The van der Waals surface area contributed by atoms with Gasteiger partial charge in [-0.3, -0.25) is 4.90 Å². The molecule has 17 heavy (non-hydrogen) atoms. The zero-order chi connectivity index (χ0) is 12.1. The monoisotopic (exact) mass is 232 g/mol. The van der Waals surface area contributed by atoms with Gasteiger partial charge in [0.2, 0.25) is 0 Å². The maximum Gasteiger partial charge on any atom is 0.0323 e. The number of nitrogens with one attached hydrogen (secondary N) is 1. The summed E-state index contributed by atoms with van der Waals surface area (Å²) in [5, 5.41) is 3.33. The molecular formula is C15H24N2. The van der Waals surface area contributed by atoms with E-state index in [0.29, 0.717) is 12.1 Å². The summed E-state index contributed by atoms with van der Waals surface area (Å²) >= 11 is 0. The number of hydrogen-bond acceptors (Lipinski definition) is 2. The van der Waals surface area contributed by atoms with Crippen LogP contribution in [0.15, 0.2) is 30.3 Å². The van der Waals surface area contributed by atoms with Crippen molar-refractivity contribution in [3.63, 3.8) is 0 Å². The summed E-state index contributed by atoms with van der Waals surface area (Å²) in [5.41, 5.74) is 1.44. The van der Waals surface area contributed by atoms with Gasteiger partial charge in [-0.15, -0.1) is 0 Å². The van der Waals surface area contributed by atoms with Crippen LogP contribution in [-0.4, -0.2) is 31.1 Å². The quantitative estimate of drug-likeness (QED) is 0.858. The molecule has 2 atom stereocenters. The summed E-state index contributed by atoms with van der Waals surface area (Å²) in [4.78, 5) is 2.66. The number of piperidine rings is 1. The van der Waals surface area contributed by atoms with E-state index < -0.39 is 0 Å². The third-order valence-corrected chi connectivity index (χ3v) is 3.89. The van der Waals surface area contributed by atoms with Crippen LogP contribution in [0, 0.1) is 0 Å². The molecule has 1 aromatic rings. The molecule has 2 heteroatoms. The Bertz CT molecular complexity index is 321. The number of hydrogen-bond donors (Lipinski definition) is 1. The minimum Gasteiger partial charge on any atom is -0.318 e. The lowest BCUT2D eigenvalue weighted by molar-refractivity contribution is 0.103. The predicted molar refractivity (Wildman–Crippen MR) is 73.1 cm³/mol. The van der Waals surface area contributed by atoms with Gasteiger partial charge in [-0.25, -0.2) is 0 Å². The van der Waals surface area contributed by atoms with Gasteiger partial charge in [0.15, 0.2) is 0 Å². The van der Waals surface area contributed by atoms with Crippen LogP contribution < -0.4 is 5.32 Å². The molecule has 1 aliphatic heterocycles. The highest BCUT2D eigenvalue weighted by molar-refractivity contribution is 5.18. The highest BCUT2D eigenvalue weighted by Gasteiger charge is 2.26. The van der Waals surface area contributed by atoms with E-state index in [-0.39, 0.29) is 0 Å². The van der Waals surface area contributed by atoms with Gasteiger partial charge in [-0.05, 0) is 38.9 Å². The lowest BCUT2D eigenvalue weighted by Crippen LogP contribution is -2.45. The van der Waals surface area contributed by atoms with Gasteiger partial charge in [-0.2, -0.15) is 0 Å². The van der Waals surface area contributed by atoms with Crippen LogP contribution in [0.2, 0.25) is 0 Å². The van der Waals surface area contributed by atoms with Gasteiger partial charge in [0.1, 0.15) is 0 Å². The molecule has 0 radical (unpaired) electrons. The van der Waals surface area contributed by atoms with Crippen LogP contribution in [0.3, 0.4) is 0 Å². The maximum atomic E-state index is 3.33. The Balaban J connectivity index is 2.08. The molecule has 0 aromatic heterocycles. The molecule has 0 amide bonds. The zero-order valence-corrected chi connectivity index (χ0v) is 11.0. The zero-order valence-electron chi connectivity index (χ0n) is 11.0. The molecular weight excluding hydrogens is 208 g/mol. The van der Waals surface area contributed by atoms with Crippen molar-refractivity contribution in [2.24, 2.45) is 0 Å². The topological polar surface area (TPSA) is 15.3 Å². The Hall–Kier alpha value is -0.860. The average molecular weight is 232 g/mol. The average Bonchev–Trinajstić information content (AvgIpc) is 2.40. The first-order valence-electron chi connectivity index (χ1n) is 6.78. The number of rotatable bonds is 4. The van der Waals surface area contributed by atoms with Gasteiger partial charge in [0.05, 0.1) is 0 Å². The van der Waals surface area contributed by atoms with Gasteiger partial charge in [0.25, 0.3) is 0 Å². The van der Waals surface area contributed by atoms with E-state index in [1.54, 1.807) is 0 Å². The second-order valence-electron chi connectivity index (χ2n) is 5.03. The highest BCUT2D eigenvalue weighted by atomic mass is 15.2. The smallest absolute Gasteiger partial charge is 0.0323 e. The fraction of sp³-hybridized carbons (Fsp3) is 0.600. The van der Waals surface area contributed by atoms with E-state index in [9.17, 15) is 0 Å². The summed E-state index contributed by atoms with van der Waals surface area (Å²) in [7, 11) is 2.06. The number of likely N-dealkylation sites (tertiary alicyclic amines) is 1. The standard InChI is InChI=1S/C15H24N2/c1-13(14-8-4-3-5-9-14)17-11-7-6-10-15(17)12-16-2/h3-5,8-9,13,15-16H,6-7,10-12H2,1-2H3. The highest BCUT2D eigenvalue weighted by Crippen LogP contribution is 2.27. The number of likely N-dealkylation sites (N-methyl/N-ethyl adjacent to an activating group) is 1. The number of nitrogens with zero attached hydrogens (tertiary/aromatic N) is 1. The first-order chi connectivity index (χ1) is 8.33. The van der Waals surface area contributed by atoms with Crippen LogP contribution in [0.5, 0.6) is 0 Å². The Kier molecular flexibility index (Phi) is 4.57. The Morgan fingerprint density at radius 3 is 2.76 bits per heavy atom. The van der Waals surface area contributed by atoms with Gasteiger partial charge in [-0.1, -0.05) is 36.8 Å². The van der Waals surface area contributed by atoms with Crippen molar-refractivity contribution in [3.05, 3.63) is 35.9 Å². The minimum absolute atomic E-state index is 0.537. The lowest BCUT2D eigenvalue weighted by atomic mass is 9.97. The van der Waals surface area contributed by atoms with Crippen LogP contribution in [0.25, 0.3) is 0 Å². The Labute approximate surface area is 105 Å². The maximum absolute atomic E-state index is 3.33. The summed E-state index contributed by atoms with van der Waals surface area (Å²) in [6.07, 6.45) is 4.06. The van der Waals surface area contributed by atoms with E-state index in [2.05, 4.69) is 54.5 Å². The van der Waals surface area contributed by atoms with Crippen molar-refractivity contribution in [2.45, 2.75) is 38.3 Å². The van der Waals surface area contributed by atoms with Crippen molar-refractivity contribution in [1.82, 2.24) is 10.2 Å². The van der Waals surface area contributed by atoms with E-state index in [1.165, 1.54) is 31.4 Å². The minimum atomic E-state index is 0.537. The van der Waals surface area contributed by atoms with Crippen LogP contribution in [-0.2, 0) is 0 Å². The van der Waals surface area contributed by atoms with E-state index >= 15 is 0 Å². The molecule has 1 aliphatic rings. The lowest BCUT2D eigenvalue weighted by Gasteiger charge is -2.40. The normalized spacial score (nSPS) is 23.5. The molecule has 1 saturated heterocycles. The van der Waals surface area contributed by atoms with Crippen molar-refractivity contribution in [3.8, 4) is 0 Å². The molecule has 2 unspecified atom stereocenters. The van der Waals surface area contributed by atoms with Crippen molar-refractivity contribution < 1.29 is 0 Å². The Morgan fingerprint density at radius 1 is 1.29 bits per heavy atom. The second-order valence-corrected chi connectivity index (χ2v) is 5.03. The Morgan fingerprint density at radius 2 is 2.06 bits per heavy atom. The summed E-state index contributed by atoms with van der Waals surface area (Å²) in [6, 6.07) is 12.1. The van der Waals surface area contributed by atoms with Gasteiger partial charge >= 0.3 is 0 Å². The molecule has 1 aromatic carbocycles. The molecule has 1 N–H and O–H groups in total. The molecule has 0 bridgehead atoms. The van der Waals surface area contributed by atoms with E-state index in [4.69, 9.17) is 0 Å². The van der Waals surface area contributed by atoms with Crippen molar-refractivity contribution >= 4 is 0 Å². The first kappa shape index (κ1) is 12.6. The predicted octanol–water partition coefficient (Wildman–Crippen LogP) is 2.82. The van der Waals surface area contributed by atoms with Crippen molar-refractivity contribution in [1.29, 1.82) is 0 Å². The SMILES string of the molecule is CNCC1CCCCN1C(C)c1ccccc1. The molecule has 2 rings (SSSR count). The van der Waals surface area contributed by atoms with Gasteiger partial charge in [0, 0.05) is 18.6 Å². The van der Waals surface area contributed by atoms with Crippen LogP contribution in [0.1, 0.15) is 37.8 Å². The van der Waals surface area contributed by atoms with Crippen LogP contribution in [0.4, 0.5) is 0 Å². The van der Waals surface area contributed by atoms with E-state index in [0.717, 1.165) is 6.54 Å². The summed E-state index contributed by atoms with van der Waals surface area (Å²) in [6.45, 7) is 4.68. The third kappa shape index (κ3) is 3.08. The third-order valence-electron chi connectivity index (χ3n) is 3.89. The second kappa shape index (κ2) is 6.18. The molecule has 1 heterocycles. The molecule has 0 aliphatic carbocycles. The summed E-state index contributed by atoms with van der Waals surface area (Å²) in [5.74, 6) is 0. The van der Waals surface area contributed by atoms with Gasteiger partial charge < -0.3 is 5.32 Å². The summed E-state index contributed by atoms with van der Waals surface area (Å²) < 4.78 is 0. The first-order valence-corrected chi connectivity index (χ1v) is 6.78. The molecule has 1 fully saturated rings. The fourth-order valence-corrected chi connectivity index (χ4v) is 2.91. The van der Waals surface area contributed by atoms with E-state index in [1.807, 2.05) is 0 Å². The molecule has 0 spiro atoms. The van der Waals surface area contributed by atoms with Crippen LogP contribution >= 0.6 is 0 Å².